The standard InChI is InChI=1S/C18H18N6O4S2/c1-9-21-22-18(24(9)19)30-11-8-29-16-13(15(26)23(16)14(11)17(27)28)20-12(25)7-10-5-3-2-4-6-10/h2-6,13,16H,7-8,19H2,1H3,(H,20,25)(H,27,28)/t13-,16+/m1/s1. The van der Waals surface area contributed by atoms with Gasteiger partial charge in [0.2, 0.25) is 11.1 Å². The van der Waals surface area contributed by atoms with Crippen molar-refractivity contribution in [2.24, 2.45) is 0 Å². The third kappa shape index (κ3) is 3.63. The molecule has 1 aromatic carbocycles. The topological polar surface area (TPSA) is 143 Å². The number of hydrogen-bond donors (Lipinski definition) is 3. The smallest absolute Gasteiger partial charge is 0.353 e. The number of rotatable bonds is 6. The Balaban J connectivity index is 1.49. The minimum Gasteiger partial charge on any atom is -0.477 e. The van der Waals surface area contributed by atoms with Crippen LogP contribution in [0.3, 0.4) is 0 Å². The van der Waals surface area contributed by atoms with Crippen LogP contribution in [-0.4, -0.2) is 59.8 Å². The zero-order valence-electron chi connectivity index (χ0n) is 15.8. The number of hydrogen-bond acceptors (Lipinski definition) is 8. The van der Waals surface area contributed by atoms with E-state index in [2.05, 4.69) is 15.5 Å². The second-order valence-corrected chi connectivity index (χ2v) is 8.86. The largest absolute Gasteiger partial charge is 0.477 e. The summed E-state index contributed by atoms with van der Waals surface area (Å²) in [5.41, 5.74) is 0.726. The Kier molecular flexibility index (Phi) is 5.43. The van der Waals surface area contributed by atoms with Gasteiger partial charge in [-0.05, 0) is 24.2 Å². The summed E-state index contributed by atoms with van der Waals surface area (Å²) in [5.74, 6) is 4.73. The van der Waals surface area contributed by atoms with E-state index in [0.29, 0.717) is 21.6 Å². The predicted octanol–water partition coefficient (Wildman–Crippen LogP) is 0.331. The van der Waals surface area contributed by atoms with Crippen LogP contribution in [0.4, 0.5) is 0 Å². The molecule has 10 nitrogen and oxygen atoms in total. The fourth-order valence-corrected chi connectivity index (χ4v) is 5.65. The average Bonchev–Trinajstić information content (AvgIpc) is 3.04. The van der Waals surface area contributed by atoms with Gasteiger partial charge in [0.15, 0.2) is 0 Å². The number of carbonyl (C=O) groups is 3. The monoisotopic (exact) mass is 446 g/mol. The summed E-state index contributed by atoms with van der Waals surface area (Å²) in [6.45, 7) is 1.68. The van der Waals surface area contributed by atoms with E-state index in [1.807, 2.05) is 30.3 Å². The molecular formula is C18H18N6O4S2. The number of nitrogens with one attached hydrogen (secondary N) is 1. The van der Waals surface area contributed by atoms with Crippen LogP contribution in [0.1, 0.15) is 11.4 Å². The third-order valence-electron chi connectivity index (χ3n) is 4.71. The zero-order valence-corrected chi connectivity index (χ0v) is 17.4. The molecule has 1 aromatic heterocycles. The number of nitrogens with zero attached hydrogens (tertiary/aromatic N) is 4. The maximum atomic E-state index is 12.7. The highest BCUT2D eigenvalue weighted by Gasteiger charge is 2.54. The van der Waals surface area contributed by atoms with Crippen LogP contribution in [0.15, 0.2) is 46.1 Å². The summed E-state index contributed by atoms with van der Waals surface area (Å²) < 4.78 is 1.26. The molecule has 2 atom stereocenters. The minimum absolute atomic E-state index is 0.108. The molecule has 3 heterocycles. The molecular weight excluding hydrogens is 428 g/mol. The van der Waals surface area contributed by atoms with Crippen LogP contribution < -0.4 is 11.2 Å². The molecule has 0 unspecified atom stereocenters. The van der Waals surface area contributed by atoms with Gasteiger partial charge in [-0.15, -0.1) is 22.0 Å². The molecule has 30 heavy (non-hydrogen) atoms. The molecule has 0 bridgehead atoms. The molecule has 2 amide bonds. The summed E-state index contributed by atoms with van der Waals surface area (Å²) in [6, 6.07) is 8.43. The molecule has 0 spiro atoms. The number of carboxylic acids is 1. The second-order valence-electron chi connectivity index (χ2n) is 6.70. The first-order valence-corrected chi connectivity index (χ1v) is 10.8. The molecule has 0 aliphatic carbocycles. The number of thioether (sulfide) groups is 2. The number of fused-ring (bicyclic) bond motifs is 1. The molecule has 4 N–H and O–H groups in total. The van der Waals surface area contributed by atoms with Crippen LogP contribution in [0.2, 0.25) is 0 Å². The van der Waals surface area contributed by atoms with Gasteiger partial charge >= 0.3 is 5.97 Å². The Bertz CT molecular complexity index is 1050. The first kappa shape index (κ1) is 20.3. The van der Waals surface area contributed by atoms with E-state index in [1.165, 1.54) is 21.3 Å². The Morgan fingerprint density at radius 1 is 1.33 bits per heavy atom. The van der Waals surface area contributed by atoms with Crippen molar-refractivity contribution in [3.8, 4) is 0 Å². The number of β-lactam (4-membered cyclic amide) rings is 1. The van der Waals surface area contributed by atoms with Gasteiger partial charge in [-0.25, -0.2) is 9.47 Å². The van der Waals surface area contributed by atoms with Gasteiger partial charge in [-0.3, -0.25) is 14.5 Å². The Morgan fingerprint density at radius 3 is 2.70 bits per heavy atom. The van der Waals surface area contributed by atoms with Crippen molar-refractivity contribution >= 4 is 41.3 Å². The quantitative estimate of drug-likeness (QED) is 0.422. The first-order valence-electron chi connectivity index (χ1n) is 8.96. The van der Waals surface area contributed by atoms with E-state index in [-0.39, 0.29) is 18.0 Å². The van der Waals surface area contributed by atoms with Gasteiger partial charge in [0.25, 0.3) is 5.91 Å². The summed E-state index contributed by atoms with van der Waals surface area (Å²) in [7, 11) is 0. The summed E-state index contributed by atoms with van der Waals surface area (Å²) in [6.07, 6.45) is 0.149. The number of benzene rings is 1. The van der Waals surface area contributed by atoms with Crippen molar-refractivity contribution in [1.29, 1.82) is 0 Å². The van der Waals surface area contributed by atoms with Gasteiger partial charge in [0, 0.05) is 10.7 Å². The number of carboxylic acid groups (broad SMARTS) is 1. The molecule has 2 aromatic rings. The number of carbonyl (C=O) groups excluding carboxylic acids is 2. The highest BCUT2D eigenvalue weighted by Crippen LogP contribution is 2.44. The van der Waals surface area contributed by atoms with Crippen LogP contribution in [0.5, 0.6) is 0 Å². The van der Waals surface area contributed by atoms with Crippen LogP contribution >= 0.6 is 23.5 Å². The number of aryl methyl sites for hydroxylation is 1. The fraction of sp³-hybridized carbons (Fsp3) is 0.278. The van der Waals surface area contributed by atoms with E-state index in [1.54, 1.807) is 6.92 Å². The summed E-state index contributed by atoms with van der Waals surface area (Å²) >= 11 is 2.45. The molecule has 1 saturated heterocycles. The number of aromatic nitrogens is 3. The van der Waals surface area contributed by atoms with Crippen molar-refractivity contribution < 1.29 is 19.5 Å². The number of nitrogen functional groups attached to an aromatic ring is 1. The predicted molar refractivity (Wildman–Crippen MR) is 111 cm³/mol. The van der Waals surface area contributed by atoms with Crippen LogP contribution in [0, 0.1) is 6.92 Å². The normalized spacial score (nSPS) is 20.6. The SMILES string of the molecule is Cc1nnc(SC2=C(C(=O)O)N3C(=O)[C@@H](NC(=O)Cc4ccccc4)[C@@H]3SC2)n1N. The van der Waals surface area contributed by atoms with Crippen molar-refractivity contribution in [1.82, 2.24) is 25.1 Å². The van der Waals surface area contributed by atoms with Crippen LogP contribution in [0.25, 0.3) is 0 Å². The van der Waals surface area contributed by atoms with Crippen molar-refractivity contribution in [3.05, 3.63) is 52.3 Å². The second kappa shape index (κ2) is 8.03. The number of aliphatic carboxylic acids is 1. The first-order chi connectivity index (χ1) is 14.4. The van der Waals surface area contributed by atoms with Gasteiger partial charge in [0.1, 0.15) is 22.9 Å². The maximum absolute atomic E-state index is 12.7. The number of nitrogens with two attached hydrogens (primary N) is 1. The molecule has 2 aliphatic rings. The van der Waals surface area contributed by atoms with Gasteiger partial charge in [0.05, 0.1) is 6.42 Å². The van der Waals surface area contributed by atoms with Crippen LogP contribution in [-0.2, 0) is 20.8 Å². The van der Waals surface area contributed by atoms with Gasteiger partial charge in [-0.1, -0.05) is 30.3 Å². The lowest BCUT2D eigenvalue weighted by atomic mass is 10.0. The highest BCUT2D eigenvalue weighted by molar-refractivity contribution is 8.06. The molecule has 156 valence electrons. The Hall–Kier alpha value is -2.99. The molecule has 0 radical (unpaired) electrons. The van der Waals surface area contributed by atoms with E-state index >= 15 is 0 Å². The molecule has 1 fully saturated rings. The Labute approximate surface area is 179 Å². The molecule has 4 rings (SSSR count). The van der Waals surface area contributed by atoms with Crippen molar-refractivity contribution in [3.63, 3.8) is 0 Å². The maximum Gasteiger partial charge on any atom is 0.353 e. The lowest BCUT2D eigenvalue weighted by molar-refractivity contribution is -0.150. The van der Waals surface area contributed by atoms with E-state index in [4.69, 9.17) is 5.84 Å². The van der Waals surface area contributed by atoms with Crippen molar-refractivity contribution in [2.45, 2.75) is 29.9 Å². The lowest BCUT2D eigenvalue weighted by Gasteiger charge is -2.49. The third-order valence-corrected chi connectivity index (χ3v) is 7.22. The lowest BCUT2D eigenvalue weighted by Crippen LogP contribution is -2.70. The highest BCUT2D eigenvalue weighted by atomic mass is 32.2. The Morgan fingerprint density at radius 2 is 2.07 bits per heavy atom. The van der Waals surface area contributed by atoms with Gasteiger partial charge < -0.3 is 16.3 Å². The van der Waals surface area contributed by atoms with E-state index < -0.39 is 23.3 Å². The molecule has 2 aliphatic heterocycles. The summed E-state index contributed by atoms with van der Waals surface area (Å²) in [5, 5.41) is 20.1. The molecule has 12 heteroatoms. The van der Waals surface area contributed by atoms with Gasteiger partial charge in [-0.2, -0.15) is 0 Å². The number of amides is 2. The summed E-state index contributed by atoms with van der Waals surface area (Å²) in [4.78, 5) is 38.6. The average molecular weight is 447 g/mol. The molecule has 0 saturated carbocycles. The van der Waals surface area contributed by atoms with Crippen molar-refractivity contribution in [2.75, 3.05) is 11.6 Å². The minimum atomic E-state index is -1.22. The van der Waals surface area contributed by atoms with E-state index in [9.17, 15) is 19.5 Å². The van der Waals surface area contributed by atoms with E-state index in [0.717, 1.165) is 17.3 Å². The fourth-order valence-electron chi connectivity index (χ4n) is 3.20. The zero-order chi connectivity index (χ0) is 21.4.